The molecule has 0 saturated heterocycles. The van der Waals surface area contributed by atoms with Gasteiger partial charge in [-0.1, -0.05) is 37.0 Å². The summed E-state index contributed by atoms with van der Waals surface area (Å²) in [5, 5.41) is 0. The van der Waals surface area contributed by atoms with Crippen LogP contribution in [0.25, 0.3) is 0 Å². The van der Waals surface area contributed by atoms with Gasteiger partial charge in [0.2, 0.25) is 0 Å². The van der Waals surface area contributed by atoms with Crippen LogP contribution in [-0.2, 0) is 11.0 Å². The fraction of sp³-hybridized carbons (Fsp3) is 0.500. The van der Waals surface area contributed by atoms with Gasteiger partial charge in [-0.25, -0.2) is 4.21 Å². The van der Waals surface area contributed by atoms with E-state index in [0.717, 1.165) is 4.90 Å². The molecule has 0 amide bonds. The van der Waals surface area contributed by atoms with Crippen LogP contribution in [-0.4, -0.2) is 10.4 Å². The predicted octanol–water partition coefficient (Wildman–Crippen LogP) is 3.67. The fourth-order valence-corrected chi connectivity index (χ4v) is 2.91. The number of rotatable bonds is 3. The van der Waals surface area contributed by atoms with Gasteiger partial charge in [0.1, 0.15) is 0 Å². The molecule has 0 unspecified atom stereocenters. The van der Waals surface area contributed by atoms with Crippen molar-refractivity contribution in [1.82, 2.24) is 0 Å². The summed E-state index contributed by atoms with van der Waals surface area (Å²) in [6, 6.07) is 7.74. The van der Waals surface area contributed by atoms with Crippen molar-refractivity contribution in [3.8, 4) is 0 Å². The SMILES string of the molecule is Cc1ccc([S@](=O)/N=C/C2CCCCC2)cc1. The van der Waals surface area contributed by atoms with Gasteiger partial charge < -0.3 is 0 Å². The van der Waals surface area contributed by atoms with E-state index in [1.165, 1.54) is 37.7 Å². The fourth-order valence-electron chi connectivity index (χ4n) is 2.14. The third-order valence-electron chi connectivity index (χ3n) is 3.24. The molecule has 0 heterocycles. The van der Waals surface area contributed by atoms with Gasteiger partial charge in [0.05, 0.1) is 4.90 Å². The maximum absolute atomic E-state index is 11.9. The van der Waals surface area contributed by atoms with Gasteiger partial charge in [0, 0.05) is 6.21 Å². The molecular formula is C14H19NOS. The average Bonchev–Trinajstić information content (AvgIpc) is 2.38. The number of benzene rings is 1. The smallest absolute Gasteiger partial charge is 0.172 e. The summed E-state index contributed by atoms with van der Waals surface area (Å²) in [5.74, 6) is 0.540. The van der Waals surface area contributed by atoms with E-state index in [0.29, 0.717) is 5.92 Å². The quantitative estimate of drug-likeness (QED) is 0.752. The Kier molecular flexibility index (Phi) is 4.49. The summed E-state index contributed by atoms with van der Waals surface area (Å²) in [5.41, 5.74) is 1.18. The van der Waals surface area contributed by atoms with E-state index in [-0.39, 0.29) is 0 Å². The molecule has 1 atom stereocenters. The molecule has 0 aliphatic heterocycles. The van der Waals surface area contributed by atoms with Crippen LogP contribution in [0.4, 0.5) is 0 Å². The molecule has 1 aromatic rings. The highest BCUT2D eigenvalue weighted by Crippen LogP contribution is 2.22. The second-order valence-corrected chi connectivity index (χ2v) is 5.90. The van der Waals surface area contributed by atoms with Gasteiger partial charge in [-0.2, -0.15) is 4.40 Å². The van der Waals surface area contributed by atoms with Crippen molar-refractivity contribution in [3.05, 3.63) is 29.8 Å². The molecular weight excluding hydrogens is 230 g/mol. The predicted molar refractivity (Wildman–Crippen MR) is 72.7 cm³/mol. The summed E-state index contributed by atoms with van der Waals surface area (Å²) in [6.45, 7) is 2.03. The van der Waals surface area contributed by atoms with E-state index in [1.54, 1.807) is 0 Å². The Balaban J connectivity index is 1.96. The minimum atomic E-state index is -1.22. The molecule has 1 aliphatic rings. The first-order valence-corrected chi connectivity index (χ1v) is 7.39. The first kappa shape index (κ1) is 12.5. The largest absolute Gasteiger partial charge is 0.230 e. The molecule has 0 bridgehead atoms. The van der Waals surface area contributed by atoms with Crippen molar-refractivity contribution in [2.75, 3.05) is 0 Å². The summed E-state index contributed by atoms with van der Waals surface area (Å²) in [4.78, 5) is 0.794. The first-order chi connectivity index (χ1) is 8.25. The van der Waals surface area contributed by atoms with Crippen LogP contribution in [0.5, 0.6) is 0 Å². The lowest BCUT2D eigenvalue weighted by Crippen LogP contribution is -2.07. The van der Waals surface area contributed by atoms with E-state index in [9.17, 15) is 4.21 Å². The van der Waals surface area contributed by atoms with Crippen molar-refractivity contribution in [2.45, 2.75) is 43.9 Å². The number of nitrogens with zero attached hydrogens (tertiary/aromatic N) is 1. The lowest BCUT2D eigenvalue weighted by molar-refractivity contribution is 0.445. The third-order valence-corrected chi connectivity index (χ3v) is 4.23. The Morgan fingerprint density at radius 1 is 1.18 bits per heavy atom. The first-order valence-electron chi connectivity index (χ1n) is 6.28. The molecule has 2 rings (SSSR count). The van der Waals surface area contributed by atoms with E-state index >= 15 is 0 Å². The van der Waals surface area contributed by atoms with Crippen LogP contribution >= 0.6 is 0 Å². The maximum Gasteiger partial charge on any atom is 0.172 e. The molecule has 1 fully saturated rings. The molecule has 2 nitrogen and oxygen atoms in total. The zero-order valence-corrected chi connectivity index (χ0v) is 11.1. The van der Waals surface area contributed by atoms with E-state index in [4.69, 9.17) is 0 Å². The molecule has 1 saturated carbocycles. The molecule has 0 aromatic heterocycles. The molecule has 0 spiro atoms. The van der Waals surface area contributed by atoms with Gasteiger partial charge in [0.25, 0.3) is 0 Å². The van der Waals surface area contributed by atoms with Crippen molar-refractivity contribution in [3.63, 3.8) is 0 Å². The van der Waals surface area contributed by atoms with E-state index in [2.05, 4.69) is 4.40 Å². The molecule has 1 aromatic carbocycles. The monoisotopic (exact) mass is 249 g/mol. The Labute approximate surface area is 106 Å². The Hall–Kier alpha value is -0.960. The van der Waals surface area contributed by atoms with Crippen LogP contribution in [0.3, 0.4) is 0 Å². The Morgan fingerprint density at radius 3 is 2.47 bits per heavy atom. The highest BCUT2D eigenvalue weighted by Gasteiger charge is 2.11. The molecule has 17 heavy (non-hydrogen) atoms. The van der Waals surface area contributed by atoms with Crippen LogP contribution in [0.15, 0.2) is 33.6 Å². The van der Waals surface area contributed by atoms with Crippen molar-refractivity contribution < 1.29 is 4.21 Å². The van der Waals surface area contributed by atoms with Crippen molar-refractivity contribution in [1.29, 1.82) is 0 Å². The van der Waals surface area contributed by atoms with Crippen LogP contribution < -0.4 is 0 Å². The lowest BCUT2D eigenvalue weighted by Gasteiger charge is -2.16. The van der Waals surface area contributed by atoms with E-state index < -0.39 is 11.0 Å². The van der Waals surface area contributed by atoms with Crippen LogP contribution in [0, 0.1) is 12.8 Å². The lowest BCUT2D eigenvalue weighted by atomic mass is 9.90. The summed E-state index contributed by atoms with van der Waals surface area (Å²) in [7, 11) is -1.22. The number of aryl methyl sites for hydroxylation is 1. The number of hydrogen-bond acceptors (Lipinski definition) is 1. The van der Waals surface area contributed by atoms with Crippen LogP contribution in [0.2, 0.25) is 0 Å². The molecule has 1 aliphatic carbocycles. The number of hydrogen-bond donors (Lipinski definition) is 0. The second kappa shape index (κ2) is 6.10. The van der Waals surface area contributed by atoms with E-state index in [1.807, 2.05) is 37.4 Å². The molecule has 92 valence electrons. The summed E-state index contributed by atoms with van der Waals surface area (Å²) in [6.07, 6.45) is 8.23. The van der Waals surface area contributed by atoms with Crippen molar-refractivity contribution in [2.24, 2.45) is 10.3 Å². The summed E-state index contributed by atoms with van der Waals surface area (Å²) >= 11 is 0. The Bertz CT molecular complexity index is 405. The van der Waals surface area contributed by atoms with Gasteiger partial charge in [-0.05, 0) is 37.8 Å². The molecule has 0 N–H and O–H groups in total. The van der Waals surface area contributed by atoms with Gasteiger partial charge >= 0.3 is 0 Å². The third kappa shape index (κ3) is 3.77. The topological polar surface area (TPSA) is 29.4 Å². The second-order valence-electron chi connectivity index (χ2n) is 4.71. The maximum atomic E-state index is 11.9. The normalized spacial score (nSPS) is 19.6. The zero-order chi connectivity index (χ0) is 12.1. The zero-order valence-electron chi connectivity index (χ0n) is 10.3. The van der Waals surface area contributed by atoms with Gasteiger partial charge in [0.15, 0.2) is 11.0 Å². The van der Waals surface area contributed by atoms with Gasteiger partial charge in [-0.3, -0.25) is 0 Å². The van der Waals surface area contributed by atoms with Crippen molar-refractivity contribution >= 4 is 17.2 Å². The average molecular weight is 249 g/mol. The standard InChI is InChI=1S/C14H19NOS/c1-12-7-9-14(10-8-12)17(16)15-11-13-5-3-2-4-6-13/h7-11,13H,2-6H2,1H3/b15-11+/t17-/m0/s1. The summed E-state index contributed by atoms with van der Waals surface area (Å²) < 4.78 is 16.1. The highest BCUT2D eigenvalue weighted by atomic mass is 32.2. The van der Waals surface area contributed by atoms with Gasteiger partial charge in [-0.15, -0.1) is 0 Å². The minimum Gasteiger partial charge on any atom is -0.230 e. The Morgan fingerprint density at radius 2 is 1.82 bits per heavy atom. The minimum absolute atomic E-state index is 0.540. The molecule has 3 heteroatoms. The highest BCUT2D eigenvalue weighted by molar-refractivity contribution is 7.83. The molecule has 0 radical (unpaired) electrons. The van der Waals surface area contributed by atoms with Crippen LogP contribution in [0.1, 0.15) is 37.7 Å².